The molecule has 1 heterocycles. The maximum Gasteiger partial charge on any atom is 0.194 e. The first-order valence-electron chi connectivity index (χ1n) is 3.60. The first-order chi connectivity index (χ1) is 5.52. The highest BCUT2D eigenvalue weighted by Crippen LogP contribution is 2.29. The molecule has 0 saturated heterocycles. The lowest BCUT2D eigenvalue weighted by atomic mass is 10.1. The van der Waals surface area contributed by atoms with Crippen molar-refractivity contribution in [3.8, 4) is 0 Å². The predicted molar refractivity (Wildman–Crippen MR) is 54.9 cm³/mol. The maximum absolute atomic E-state index is 10.9. The highest BCUT2D eigenvalue weighted by molar-refractivity contribution is 9.11. The molecule has 0 aliphatic heterocycles. The smallest absolute Gasteiger partial charge is 0.194 e. The van der Waals surface area contributed by atoms with Crippen LogP contribution >= 0.6 is 31.9 Å². The number of halogens is 2. The molecule has 0 N–H and O–H groups in total. The van der Waals surface area contributed by atoms with Crippen molar-refractivity contribution in [3.05, 3.63) is 32.1 Å². The summed E-state index contributed by atoms with van der Waals surface area (Å²) in [7, 11) is 0. The Hall–Kier alpha value is -0.0900. The molecule has 0 atom stereocenters. The van der Waals surface area contributed by atoms with E-state index >= 15 is 0 Å². The van der Waals surface area contributed by atoms with Crippen molar-refractivity contribution < 1.29 is 4.73 Å². The van der Waals surface area contributed by atoms with E-state index in [1.54, 1.807) is 0 Å². The lowest BCUT2D eigenvalue weighted by molar-refractivity contribution is -0.606. The number of aromatic nitrogens is 1. The van der Waals surface area contributed by atoms with Gasteiger partial charge in [-0.05, 0) is 43.3 Å². The van der Waals surface area contributed by atoms with Crippen LogP contribution in [0, 0.1) is 5.21 Å². The summed E-state index contributed by atoms with van der Waals surface area (Å²) in [4.78, 5) is 0. The summed E-state index contributed by atoms with van der Waals surface area (Å²) in [5.74, 6) is 0.398. The normalized spacial score (nSPS) is 10.8. The molecule has 0 saturated carbocycles. The van der Waals surface area contributed by atoms with Gasteiger partial charge in [-0.3, -0.25) is 0 Å². The number of nitrogens with zero attached hydrogens (tertiary/aromatic N) is 1. The minimum absolute atomic E-state index is 0.398. The van der Waals surface area contributed by atoms with E-state index in [9.17, 15) is 5.21 Å². The molecule has 0 bridgehead atoms. The van der Waals surface area contributed by atoms with Crippen molar-refractivity contribution in [1.82, 2.24) is 0 Å². The molecular weight excluding hydrogens is 286 g/mol. The molecule has 0 unspecified atom stereocenters. The average Bonchev–Trinajstić information content (AvgIpc) is 1.82. The van der Waals surface area contributed by atoms with E-state index in [2.05, 4.69) is 45.7 Å². The zero-order valence-electron chi connectivity index (χ0n) is 6.84. The van der Waals surface area contributed by atoms with Gasteiger partial charge in [0.1, 0.15) is 0 Å². The molecule has 0 amide bonds. The van der Waals surface area contributed by atoms with Gasteiger partial charge in [-0.1, -0.05) is 13.8 Å². The van der Waals surface area contributed by atoms with Crippen molar-refractivity contribution in [3.63, 3.8) is 0 Å². The minimum atomic E-state index is 0.398. The number of hydrogen-bond acceptors (Lipinski definition) is 1. The topological polar surface area (TPSA) is 26.9 Å². The Morgan fingerprint density at radius 2 is 1.67 bits per heavy atom. The van der Waals surface area contributed by atoms with Crippen molar-refractivity contribution in [2.75, 3.05) is 0 Å². The van der Waals surface area contributed by atoms with Crippen LogP contribution in [-0.2, 0) is 0 Å². The summed E-state index contributed by atoms with van der Waals surface area (Å²) >= 11 is 6.70. The van der Waals surface area contributed by atoms with Crippen LogP contribution in [-0.4, -0.2) is 0 Å². The van der Waals surface area contributed by atoms with Crippen LogP contribution in [0.15, 0.2) is 21.3 Å². The van der Waals surface area contributed by atoms with Crippen LogP contribution in [0.25, 0.3) is 0 Å². The van der Waals surface area contributed by atoms with Crippen LogP contribution in [0.3, 0.4) is 0 Å². The highest BCUT2D eigenvalue weighted by Gasteiger charge is 2.12. The molecule has 1 aromatic heterocycles. The SMILES string of the molecule is CC(C)c1c(Br)c[n+]([O-])cc1Br. The average molecular weight is 295 g/mol. The standard InChI is InChI=1S/C8H9Br2NO/c1-5(2)8-6(9)3-11(12)4-7(8)10/h3-5H,1-2H3. The zero-order chi connectivity index (χ0) is 9.30. The molecule has 0 fully saturated rings. The van der Waals surface area contributed by atoms with Crippen molar-refractivity contribution in [1.29, 1.82) is 0 Å². The molecule has 66 valence electrons. The van der Waals surface area contributed by atoms with E-state index < -0.39 is 0 Å². The number of pyridine rings is 1. The van der Waals surface area contributed by atoms with E-state index in [-0.39, 0.29) is 0 Å². The van der Waals surface area contributed by atoms with Crippen LogP contribution in [0.5, 0.6) is 0 Å². The Kier molecular flexibility index (Phi) is 3.12. The monoisotopic (exact) mass is 293 g/mol. The van der Waals surface area contributed by atoms with Gasteiger partial charge in [0.2, 0.25) is 0 Å². The Morgan fingerprint density at radius 3 is 2.00 bits per heavy atom. The Bertz CT molecular complexity index is 276. The summed E-state index contributed by atoms with van der Waals surface area (Å²) in [5, 5.41) is 10.9. The third-order valence-corrected chi connectivity index (χ3v) is 2.84. The Morgan fingerprint density at radius 1 is 1.25 bits per heavy atom. The van der Waals surface area contributed by atoms with Gasteiger partial charge >= 0.3 is 0 Å². The molecule has 2 nitrogen and oxygen atoms in total. The number of hydrogen-bond donors (Lipinski definition) is 0. The zero-order valence-corrected chi connectivity index (χ0v) is 10.0. The van der Waals surface area contributed by atoms with E-state index in [0.717, 1.165) is 19.2 Å². The summed E-state index contributed by atoms with van der Waals surface area (Å²) in [5.41, 5.74) is 1.13. The summed E-state index contributed by atoms with van der Waals surface area (Å²) in [6.07, 6.45) is 3.03. The fraction of sp³-hybridized carbons (Fsp3) is 0.375. The van der Waals surface area contributed by atoms with Gasteiger partial charge in [0.05, 0.1) is 8.95 Å². The minimum Gasteiger partial charge on any atom is -0.619 e. The second kappa shape index (κ2) is 3.75. The number of rotatable bonds is 1. The fourth-order valence-corrected chi connectivity index (χ4v) is 3.08. The van der Waals surface area contributed by atoms with Crippen molar-refractivity contribution >= 4 is 31.9 Å². The molecule has 1 aromatic rings. The van der Waals surface area contributed by atoms with Gasteiger partial charge in [0.25, 0.3) is 0 Å². The summed E-state index contributed by atoms with van der Waals surface area (Å²) in [6.45, 7) is 4.17. The third-order valence-electron chi connectivity index (χ3n) is 1.57. The second-order valence-corrected chi connectivity index (χ2v) is 4.59. The van der Waals surface area contributed by atoms with Gasteiger partial charge in [0, 0.05) is 0 Å². The molecule has 1 rings (SSSR count). The van der Waals surface area contributed by atoms with E-state index in [0.29, 0.717) is 5.92 Å². The quantitative estimate of drug-likeness (QED) is 0.578. The lowest BCUT2D eigenvalue weighted by Gasteiger charge is -2.09. The molecule has 0 aromatic carbocycles. The van der Waals surface area contributed by atoms with Gasteiger partial charge in [-0.15, -0.1) is 0 Å². The molecule has 0 radical (unpaired) electrons. The molecular formula is C8H9Br2NO. The van der Waals surface area contributed by atoms with Crippen LogP contribution in [0.2, 0.25) is 0 Å². The fourth-order valence-electron chi connectivity index (χ4n) is 1.07. The van der Waals surface area contributed by atoms with Crippen molar-refractivity contribution in [2.45, 2.75) is 19.8 Å². The Balaban J connectivity index is 3.28. The largest absolute Gasteiger partial charge is 0.619 e. The van der Waals surface area contributed by atoms with Crippen LogP contribution in [0.1, 0.15) is 25.3 Å². The predicted octanol–water partition coefficient (Wildman–Crippen LogP) is 2.97. The van der Waals surface area contributed by atoms with Crippen molar-refractivity contribution in [2.24, 2.45) is 0 Å². The van der Waals surface area contributed by atoms with E-state index in [4.69, 9.17) is 0 Å². The van der Waals surface area contributed by atoms with E-state index in [1.165, 1.54) is 12.4 Å². The molecule has 0 aliphatic rings. The van der Waals surface area contributed by atoms with E-state index in [1.807, 2.05) is 0 Å². The molecule has 4 heteroatoms. The van der Waals surface area contributed by atoms with Gasteiger partial charge in [-0.2, -0.15) is 4.73 Å². The van der Waals surface area contributed by atoms with Crippen LogP contribution in [0.4, 0.5) is 0 Å². The Labute approximate surface area is 88.4 Å². The highest BCUT2D eigenvalue weighted by atomic mass is 79.9. The van der Waals surface area contributed by atoms with Gasteiger partial charge < -0.3 is 5.21 Å². The lowest BCUT2D eigenvalue weighted by Crippen LogP contribution is -2.25. The van der Waals surface area contributed by atoms with Gasteiger partial charge in [0.15, 0.2) is 12.4 Å². The van der Waals surface area contributed by atoms with Gasteiger partial charge in [-0.25, -0.2) is 0 Å². The van der Waals surface area contributed by atoms with Crippen LogP contribution < -0.4 is 4.73 Å². The third kappa shape index (κ3) is 1.98. The first kappa shape index (κ1) is 9.99. The second-order valence-electron chi connectivity index (χ2n) is 2.88. The molecule has 0 aliphatic carbocycles. The molecule has 12 heavy (non-hydrogen) atoms. The first-order valence-corrected chi connectivity index (χ1v) is 5.18. The summed E-state index contributed by atoms with van der Waals surface area (Å²) < 4.78 is 2.48. The maximum atomic E-state index is 10.9. The molecule has 0 spiro atoms. The summed E-state index contributed by atoms with van der Waals surface area (Å²) in [6, 6.07) is 0.